The molecule has 1 saturated carbocycles. The summed E-state index contributed by atoms with van der Waals surface area (Å²) in [6.45, 7) is 1.38. The highest BCUT2D eigenvalue weighted by Crippen LogP contribution is 2.27. The van der Waals surface area contributed by atoms with Crippen LogP contribution in [0.4, 0.5) is 11.4 Å². The molecule has 0 atom stereocenters. The van der Waals surface area contributed by atoms with Gasteiger partial charge in [0.1, 0.15) is 5.69 Å². The molecular weight excluding hydrogens is 262 g/mol. The molecule has 2 rings (SSSR count). The van der Waals surface area contributed by atoms with E-state index in [1.54, 1.807) is 0 Å². The van der Waals surface area contributed by atoms with Crippen LogP contribution in [-0.4, -0.2) is 47.1 Å². The number of anilines is 1. The summed E-state index contributed by atoms with van der Waals surface area (Å²) in [6.07, 6.45) is 2.42. The summed E-state index contributed by atoms with van der Waals surface area (Å²) in [5.41, 5.74) is 0.0560. The minimum Gasteiger partial charge on any atom is -0.478 e. The van der Waals surface area contributed by atoms with Gasteiger partial charge >= 0.3 is 5.97 Å². The number of likely N-dealkylation sites (N-methyl/N-ethyl adjacent to an activating group) is 1. The fourth-order valence-electron chi connectivity index (χ4n) is 2.03. The van der Waals surface area contributed by atoms with E-state index in [0.29, 0.717) is 18.3 Å². The first-order valence-electron chi connectivity index (χ1n) is 6.45. The van der Waals surface area contributed by atoms with E-state index in [1.807, 2.05) is 7.05 Å². The highest BCUT2D eigenvalue weighted by atomic mass is 16.6. The number of nitrogens with one attached hydrogen (secondary N) is 1. The Morgan fingerprint density at radius 3 is 2.80 bits per heavy atom. The zero-order chi connectivity index (χ0) is 14.7. The molecule has 1 aliphatic carbocycles. The van der Waals surface area contributed by atoms with Crippen LogP contribution < -0.4 is 5.32 Å². The van der Waals surface area contributed by atoms with Crippen LogP contribution in [-0.2, 0) is 0 Å². The SMILES string of the molecule is CN(CCNc1ccc(C(=O)O)cc1[N+](=O)[O-])C1CC1. The Bertz CT molecular complexity index is 528. The van der Waals surface area contributed by atoms with Gasteiger partial charge in [0.2, 0.25) is 0 Å². The molecule has 1 aliphatic rings. The van der Waals surface area contributed by atoms with Crippen molar-refractivity contribution < 1.29 is 14.8 Å². The number of aromatic carboxylic acids is 1. The lowest BCUT2D eigenvalue weighted by atomic mass is 10.1. The molecule has 108 valence electrons. The predicted octanol–water partition coefficient (Wildman–Crippen LogP) is 1.80. The number of carbonyl (C=O) groups is 1. The van der Waals surface area contributed by atoms with Gasteiger partial charge in [-0.25, -0.2) is 4.79 Å². The van der Waals surface area contributed by atoms with Crippen LogP contribution in [0.2, 0.25) is 0 Å². The van der Waals surface area contributed by atoms with Gasteiger partial charge in [-0.15, -0.1) is 0 Å². The predicted molar refractivity (Wildman–Crippen MR) is 74.2 cm³/mol. The Labute approximate surface area is 116 Å². The quantitative estimate of drug-likeness (QED) is 0.583. The van der Waals surface area contributed by atoms with Crippen molar-refractivity contribution in [3.05, 3.63) is 33.9 Å². The van der Waals surface area contributed by atoms with E-state index in [9.17, 15) is 14.9 Å². The summed E-state index contributed by atoms with van der Waals surface area (Å²) in [7, 11) is 2.03. The average Bonchev–Trinajstić information content (AvgIpc) is 3.22. The van der Waals surface area contributed by atoms with Gasteiger partial charge in [0, 0.05) is 25.2 Å². The number of hydrogen-bond acceptors (Lipinski definition) is 5. The van der Waals surface area contributed by atoms with E-state index in [0.717, 1.165) is 12.6 Å². The molecule has 0 unspecified atom stereocenters. The number of hydrogen-bond donors (Lipinski definition) is 2. The molecule has 0 spiro atoms. The van der Waals surface area contributed by atoms with Gasteiger partial charge in [-0.05, 0) is 32.0 Å². The number of benzene rings is 1. The first kappa shape index (κ1) is 14.3. The maximum atomic E-state index is 11.0. The third-order valence-corrected chi connectivity index (χ3v) is 3.39. The minimum atomic E-state index is -1.17. The van der Waals surface area contributed by atoms with Crippen molar-refractivity contribution in [1.82, 2.24) is 4.90 Å². The number of nitro benzene ring substituents is 1. The van der Waals surface area contributed by atoms with E-state index >= 15 is 0 Å². The van der Waals surface area contributed by atoms with Crippen molar-refractivity contribution in [3.63, 3.8) is 0 Å². The average molecular weight is 279 g/mol. The Kier molecular flexibility index (Phi) is 4.19. The molecule has 0 saturated heterocycles. The van der Waals surface area contributed by atoms with Crippen molar-refractivity contribution >= 4 is 17.3 Å². The molecule has 1 aromatic rings. The number of carboxylic acid groups (broad SMARTS) is 1. The molecule has 1 fully saturated rings. The van der Waals surface area contributed by atoms with Gasteiger partial charge in [0.05, 0.1) is 10.5 Å². The molecular formula is C13H17N3O4. The molecule has 0 bridgehead atoms. The monoisotopic (exact) mass is 279 g/mol. The van der Waals surface area contributed by atoms with Crippen molar-refractivity contribution in [2.45, 2.75) is 18.9 Å². The first-order chi connectivity index (χ1) is 9.49. The van der Waals surface area contributed by atoms with Gasteiger partial charge in [0.15, 0.2) is 0 Å². The van der Waals surface area contributed by atoms with Crippen molar-refractivity contribution in [1.29, 1.82) is 0 Å². The highest BCUT2D eigenvalue weighted by molar-refractivity contribution is 5.89. The van der Waals surface area contributed by atoms with Gasteiger partial charge in [-0.3, -0.25) is 10.1 Å². The molecule has 0 aliphatic heterocycles. The summed E-state index contributed by atoms with van der Waals surface area (Å²) in [4.78, 5) is 23.4. The normalized spacial score (nSPS) is 14.3. The second-order valence-corrected chi connectivity index (χ2v) is 4.93. The molecule has 0 heterocycles. The summed E-state index contributed by atoms with van der Waals surface area (Å²) < 4.78 is 0. The van der Waals surface area contributed by atoms with E-state index in [4.69, 9.17) is 5.11 Å². The van der Waals surface area contributed by atoms with Crippen molar-refractivity contribution in [2.24, 2.45) is 0 Å². The molecule has 20 heavy (non-hydrogen) atoms. The standard InChI is InChI=1S/C13H17N3O4/c1-15(10-3-4-10)7-6-14-11-5-2-9(13(17)18)8-12(11)16(19)20/h2,5,8,10,14H,3-4,6-7H2,1H3,(H,17,18). The molecule has 0 aromatic heterocycles. The zero-order valence-electron chi connectivity index (χ0n) is 11.2. The van der Waals surface area contributed by atoms with Gasteiger partial charge in [-0.2, -0.15) is 0 Å². The van der Waals surface area contributed by atoms with Crippen LogP contribution in [0.1, 0.15) is 23.2 Å². The fourth-order valence-corrected chi connectivity index (χ4v) is 2.03. The molecule has 1 aromatic carbocycles. The minimum absolute atomic E-state index is 0.0858. The second kappa shape index (κ2) is 5.87. The smallest absolute Gasteiger partial charge is 0.335 e. The number of nitro groups is 1. The third kappa shape index (κ3) is 3.45. The van der Waals surface area contributed by atoms with Crippen LogP contribution in [0.25, 0.3) is 0 Å². The van der Waals surface area contributed by atoms with Crippen LogP contribution in [0, 0.1) is 10.1 Å². The lowest BCUT2D eigenvalue weighted by molar-refractivity contribution is -0.384. The molecule has 0 amide bonds. The van der Waals surface area contributed by atoms with Crippen LogP contribution in [0.3, 0.4) is 0 Å². The zero-order valence-corrected chi connectivity index (χ0v) is 11.2. The molecule has 2 N–H and O–H groups in total. The van der Waals surface area contributed by atoms with E-state index in [2.05, 4.69) is 10.2 Å². The number of nitrogens with zero attached hydrogens (tertiary/aromatic N) is 2. The van der Waals surface area contributed by atoms with E-state index < -0.39 is 10.9 Å². The van der Waals surface area contributed by atoms with Crippen molar-refractivity contribution in [3.8, 4) is 0 Å². The summed E-state index contributed by atoms with van der Waals surface area (Å²) in [5, 5.41) is 22.8. The number of rotatable bonds is 7. The number of carboxylic acids is 1. The fraction of sp³-hybridized carbons (Fsp3) is 0.462. The summed E-state index contributed by atoms with van der Waals surface area (Å²) in [6, 6.07) is 4.53. The third-order valence-electron chi connectivity index (χ3n) is 3.39. The highest BCUT2D eigenvalue weighted by Gasteiger charge is 2.25. The van der Waals surface area contributed by atoms with Crippen LogP contribution in [0.15, 0.2) is 18.2 Å². The second-order valence-electron chi connectivity index (χ2n) is 4.93. The largest absolute Gasteiger partial charge is 0.478 e. The van der Waals surface area contributed by atoms with E-state index in [-0.39, 0.29) is 11.3 Å². The Balaban J connectivity index is 2.02. The molecule has 0 radical (unpaired) electrons. The maximum absolute atomic E-state index is 11.0. The van der Waals surface area contributed by atoms with E-state index in [1.165, 1.54) is 25.0 Å². The lowest BCUT2D eigenvalue weighted by Gasteiger charge is -2.16. The topological polar surface area (TPSA) is 95.7 Å². The Morgan fingerprint density at radius 2 is 2.25 bits per heavy atom. The van der Waals surface area contributed by atoms with Gasteiger partial charge in [0.25, 0.3) is 5.69 Å². The Hall–Kier alpha value is -2.15. The van der Waals surface area contributed by atoms with Crippen molar-refractivity contribution in [2.75, 3.05) is 25.5 Å². The van der Waals surface area contributed by atoms with Crippen LogP contribution >= 0.6 is 0 Å². The van der Waals surface area contributed by atoms with Crippen LogP contribution in [0.5, 0.6) is 0 Å². The lowest BCUT2D eigenvalue weighted by Crippen LogP contribution is -2.27. The molecule has 7 heteroatoms. The van der Waals surface area contributed by atoms with Gasteiger partial charge < -0.3 is 15.3 Å². The maximum Gasteiger partial charge on any atom is 0.335 e. The first-order valence-corrected chi connectivity index (χ1v) is 6.45. The molecule has 7 nitrogen and oxygen atoms in total. The summed E-state index contributed by atoms with van der Waals surface area (Å²) in [5.74, 6) is -1.17. The Morgan fingerprint density at radius 1 is 1.55 bits per heavy atom. The van der Waals surface area contributed by atoms with Gasteiger partial charge in [-0.1, -0.05) is 0 Å². The summed E-state index contributed by atoms with van der Waals surface area (Å²) >= 11 is 0.